The summed E-state index contributed by atoms with van der Waals surface area (Å²) in [6, 6.07) is 6.81. The van der Waals surface area contributed by atoms with Gasteiger partial charge in [0.1, 0.15) is 17.7 Å². The van der Waals surface area contributed by atoms with Crippen LogP contribution in [-0.4, -0.2) is 22.0 Å². The maximum Gasteiger partial charge on any atom is 0.416 e. The molecule has 1 atom stereocenters. The largest absolute Gasteiger partial charge is 0.416 e. The van der Waals surface area contributed by atoms with Crippen molar-refractivity contribution in [3.05, 3.63) is 92.6 Å². The highest BCUT2D eigenvalue weighted by Crippen LogP contribution is 2.43. The Morgan fingerprint density at radius 2 is 1.86 bits per heavy atom. The van der Waals surface area contributed by atoms with Crippen LogP contribution in [0.15, 0.2) is 42.5 Å². The minimum atomic E-state index is -4.91. The molecule has 0 bridgehead atoms. The number of hydrogen-bond donors (Lipinski definition) is 3. The summed E-state index contributed by atoms with van der Waals surface area (Å²) >= 11 is 6.25. The van der Waals surface area contributed by atoms with E-state index in [2.05, 4.69) is 20.8 Å². The molecule has 2 amide bonds. The van der Waals surface area contributed by atoms with Crippen LogP contribution in [0.25, 0.3) is 10.9 Å². The number of alkyl halides is 3. The topological polar surface area (TPSA) is 111 Å². The molecule has 186 valence electrons. The molecule has 3 N–H and O–H groups in total. The molecule has 0 aliphatic carbocycles. The third-order valence-electron chi connectivity index (χ3n) is 5.80. The third kappa shape index (κ3) is 4.13. The van der Waals surface area contributed by atoms with Crippen molar-refractivity contribution in [1.29, 1.82) is 5.26 Å². The summed E-state index contributed by atoms with van der Waals surface area (Å²) in [4.78, 5) is 26.0. The molecule has 1 aromatic heterocycles. The number of benzene rings is 3. The monoisotopic (exact) mass is 531 g/mol. The van der Waals surface area contributed by atoms with Crippen LogP contribution < -0.4 is 10.6 Å². The molecule has 7 nitrogen and oxygen atoms in total. The molecule has 1 aliphatic heterocycles. The summed E-state index contributed by atoms with van der Waals surface area (Å²) in [6.07, 6.45) is -4.91. The van der Waals surface area contributed by atoms with Crippen molar-refractivity contribution in [2.45, 2.75) is 12.2 Å². The number of amides is 2. The van der Waals surface area contributed by atoms with Gasteiger partial charge in [-0.05, 0) is 42.5 Å². The second-order valence-electron chi connectivity index (χ2n) is 8.07. The Kier molecular flexibility index (Phi) is 5.60. The van der Waals surface area contributed by atoms with Crippen LogP contribution in [0.2, 0.25) is 5.02 Å². The van der Waals surface area contributed by atoms with E-state index in [1.807, 2.05) is 6.07 Å². The van der Waals surface area contributed by atoms with Gasteiger partial charge < -0.3 is 10.6 Å². The van der Waals surface area contributed by atoms with Gasteiger partial charge in [-0.25, -0.2) is 8.78 Å². The second-order valence-corrected chi connectivity index (χ2v) is 8.48. The number of fused-ring (bicyclic) bond motifs is 3. The van der Waals surface area contributed by atoms with E-state index in [0.717, 1.165) is 12.1 Å². The number of carbonyl (C=O) groups excluding carboxylic acids is 2. The molecule has 0 saturated carbocycles. The van der Waals surface area contributed by atoms with Crippen LogP contribution in [0.5, 0.6) is 0 Å². The quantitative estimate of drug-likeness (QED) is 0.304. The highest BCUT2D eigenvalue weighted by Gasteiger charge is 2.37. The smallest absolute Gasteiger partial charge is 0.341 e. The zero-order valence-electron chi connectivity index (χ0n) is 18.1. The molecule has 2 heterocycles. The first-order valence-corrected chi connectivity index (χ1v) is 10.8. The lowest BCUT2D eigenvalue weighted by Gasteiger charge is -2.18. The number of H-pyrrole nitrogens is 1. The first-order chi connectivity index (χ1) is 17.5. The Balaban J connectivity index is 1.70. The first-order valence-electron chi connectivity index (χ1n) is 10.4. The molecule has 0 spiro atoms. The van der Waals surface area contributed by atoms with Crippen molar-refractivity contribution >= 4 is 40.0 Å². The van der Waals surface area contributed by atoms with E-state index in [1.54, 1.807) is 0 Å². The summed E-state index contributed by atoms with van der Waals surface area (Å²) in [5, 5.41) is 21.1. The fourth-order valence-corrected chi connectivity index (χ4v) is 4.45. The molecule has 13 heteroatoms. The summed E-state index contributed by atoms with van der Waals surface area (Å²) in [6.45, 7) is 0. The van der Waals surface area contributed by atoms with Gasteiger partial charge in [-0.1, -0.05) is 11.6 Å². The highest BCUT2D eigenvalue weighted by atomic mass is 35.5. The number of anilines is 1. The molecule has 0 saturated heterocycles. The van der Waals surface area contributed by atoms with Gasteiger partial charge in [0.15, 0.2) is 5.69 Å². The maximum absolute atomic E-state index is 14.1. The van der Waals surface area contributed by atoms with Gasteiger partial charge in [-0.15, -0.1) is 0 Å². The summed E-state index contributed by atoms with van der Waals surface area (Å²) < 4.78 is 67.5. The molecular weight excluding hydrogens is 521 g/mol. The first kappa shape index (κ1) is 24.2. The third-order valence-corrected chi connectivity index (χ3v) is 6.15. The number of nitriles is 1. The fourth-order valence-electron chi connectivity index (χ4n) is 4.22. The SMILES string of the molecule is N#Cc1n[nH]c2c3c(c(NC(=O)c4cc(F)cc(C(F)(F)F)c4)cc12)[C@H](c1cc(F)ccc1Cl)NC3=O. The second kappa shape index (κ2) is 8.56. The van der Waals surface area contributed by atoms with Crippen LogP contribution in [0.3, 0.4) is 0 Å². The predicted octanol–water partition coefficient (Wildman–Crippen LogP) is 5.47. The molecule has 5 rings (SSSR count). The van der Waals surface area contributed by atoms with Crippen LogP contribution >= 0.6 is 11.6 Å². The van der Waals surface area contributed by atoms with Crippen molar-refractivity contribution < 1.29 is 31.5 Å². The minimum absolute atomic E-state index is 0.0395. The van der Waals surface area contributed by atoms with Crippen molar-refractivity contribution in [2.75, 3.05) is 5.32 Å². The number of carbonyl (C=O) groups is 2. The molecular formula is C24H11ClF5N5O2. The fraction of sp³-hybridized carbons (Fsp3) is 0.0833. The zero-order valence-corrected chi connectivity index (χ0v) is 18.9. The van der Waals surface area contributed by atoms with E-state index in [0.29, 0.717) is 12.1 Å². The Morgan fingerprint density at radius 3 is 2.57 bits per heavy atom. The lowest BCUT2D eigenvalue weighted by molar-refractivity contribution is -0.137. The Labute approximate surface area is 208 Å². The zero-order chi connectivity index (χ0) is 26.6. The van der Waals surface area contributed by atoms with E-state index >= 15 is 0 Å². The predicted molar refractivity (Wildman–Crippen MR) is 121 cm³/mol. The van der Waals surface area contributed by atoms with Crippen LogP contribution in [0, 0.1) is 23.0 Å². The Morgan fingerprint density at radius 1 is 1.11 bits per heavy atom. The number of halogens is 6. The van der Waals surface area contributed by atoms with E-state index in [1.165, 1.54) is 12.1 Å². The molecule has 0 fully saturated rings. The molecule has 1 aliphatic rings. The van der Waals surface area contributed by atoms with Crippen LogP contribution in [0.1, 0.15) is 49.1 Å². The number of aromatic nitrogens is 2. The Hall–Kier alpha value is -4.50. The van der Waals surface area contributed by atoms with Gasteiger partial charge in [-0.3, -0.25) is 14.7 Å². The molecule has 0 radical (unpaired) electrons. The van der Waals surface area contributed by atoms with E-state index in [-0.39, 0.29) is 50.1 Å². The molecule has 37 heavy (non-hydrogen) atoms. The summed E-state index contributed by atoms with van der Waals surface area (Å²) in [5.41, 5.74) is -1.92. The lowest BCUT2D eigenvalue weighted by atomic mass is 9.94. The van der Waals surface area contributed by atoms with Gasteiger partial charge >= 0.3 is 6.18 Å². The average Bonchev–Trinajstić information content (AvgIpc) is 3.40. The summed E-state index contributed by atoms with van der Waals surface area (Å²) in [7, 11) is 0. The van der Waals surface area contributed by atoms with Crippen molar-refractivity contribution in [1.82, 2.24) is 15.5 Å². The van der Waals surface area contributed by atoms with Crippen molar-refractivity contribution in [3.63, 3.8) is 0 Å². The van der Waals surface area contributed by atoms with E-state index < -0.39 is 46.8 Å². The van der Waals surface area contributed by atoms with Gasteiger partial charge in [0.25, 0.3) is 11.8 Å². The number of nitrogens with zero attached hydrogens (tertiary/aromatic N) is 2. The Bertz CT molecular complexity index is 1680. The average molecular weight is 532 g/mol. The lowest BCUT2D eigenvalue weighted by Crippen LogP contribution is -2.21. The number of aromatic amines is 1. The molecule has 4 aromatic rings. The van der Waals surface area contributed by atoms with Gasteiger partial charge in [0.2, 0.25) is 0 Å². The normalized spacial score (nSPS) is 14.8. The molecule has 3 aromatic carbocycles. The standard InChI is InChI=1S/C24H11ClF5N5O2/c25-15-2-1-11(26)6-13(15)20-18-16(7-14-17(8-31)34-35-21(14)19(18)23(37)33-20)32-22(36)9-3-10(24(28,29)30)5-12(27)4-9/h1-7,20H,(H,32,36)(H,33,37)(H,34,35)/t20-/m0/s1. The minimum Gasteiger partial charge on any atom is -0.341 e. The highest BCUT2D eigenvalue weighted by molar-refractivity contribution is 6.31. The number of nitrogens with one attached hydrogen (secondary N) is 3. The van der Waals surface area contributed by atoms with Gasteiger partial charge in [0.05, 0.1) is 22.7 Å². The number of rotatable bonds is 3. The maximum atomic E-state index is 14.1. The van der Waals surface area contributed by atoms with Crippen LogP contribution in [-0.2, 0) is 6.18 Å². The van der Waals surface area contributed by atoms with Crippen molar-refractivity contribution in [2.24, 2.45) is 0 Å². The number of hydrogen-bond acceptors (Lipinski definition) is 4. The summed E-state index contributed by atoms with van der Waals surface area (Å²) in [5.74, 6) is -3.75. The molecule has 0 unspecified atom stereocenters. The van der Waals surface area contributed by atoms with Crippen LogP contribution in [0.4, 0.5) is 27.6 Å². The van der Waals surface area contributed by atoms with E-state index in [9.17, 15) is 36.8 Å². The van der Waals surface area contributed by atoms with Gasteiger partial charge in [0, 0.05) is 32.8 Å². The van der Waals surface area contributed by atoms with E-state index in [4.69, 9.17) is 11.6 Å². The van der Waals surface area contributed by atoms with Gasteiger partial charge in [-0.2, -0.15) is 23.5 Å². The van der Waals surface area contributed by atoms with Crippen molar-refractivity contribution in [3.8, 4) is 6.07 Å².